The molecule has 0 aliphatic heterocycles. The van der Waals surface area contributed by atoms with Crippen LogP contribution in [0, 0.1) is 0 Å². The lowest BCUT2D eigenvalue weighted by atomic mass is 10.1. The summed E-state index contributed by atoms with van der Waals surface area (Å²) < 4.78 is 5.45. The summed E-state index contributed by atoms with van der Waals surface area (Å²) in [7, 11) is 0. The van der Waals surface area contributed by atoms with E-state index in [9.17, 15) is 9.59 Å². The predicted octanol–water partition coefficient (Wildman–Crippen LogP) is 2.83. The highest BCUT2D eigenvalue weighted by molar-refractivity contribution is 6.30. The second kappa shape index (κ2) is 5.50. The van der Waals surface area contributed by atoms with E-state index in [1.807, 2.05) is 0 Å². The lowest BCUT2D eigenvalue weighted by Gasteiger charge is -2.03. The lowest BCUT2D eigenvalue weighted by Crippen LogP contribution is -2.19. The zero-order chi connectivity index (χ0) is 15.7. The molecule has 0 atom stereocenters. The van der Waals surface area contributed by atoms with Crippen molar-refractivity contribution in [3.05, 3.63) is 58.9 Å². The van der Waals surface area contributed by atoms with Gasteiger partial charge in [0, 0.05) is 11.6 Å². The Morgan fingerprint density at radius 3 is 2.64 bits per heavy atom. The van der Waals surface area contributed by atoms with Gasteiger partial charge in [-0.2, -0.15) is 0 Å². The zero-order valence-corrected chi connectivity index (χ0v) is 11.9. The van der Waals surface area contributed by atoms with Gasteiger partial charge in [-0.15, -0.1) is 0 Å². The van der Waals surface area contributed by atoms with Crippen LogP contribution < -0.4 is 11.1 Å². The summed E-state index contributed by atoms with van der Waals surface area (Å²) in [5, 5.41) is 3.47. The number of nitrogens with two attached hydrogens (primary N) is 1. The van der Waals surface area contributed by atoms with E-state index >= 15 is 0 Å². The van der Waals surface area contributed by atoms with E-state index in [0.717, 1.165) is 0 Å². The van der Waals surface area contributed by atoms with E-state index in [2.05, 4.69) is 10.3 Å². The Bertz CT molecular complexity index is 871. The van der Waals surface area contributed by atoms with Crippen molar-refractivity contribution >= 4 is 40.2 Å². The molecule has 2 heterocycles. The quantitative estimate of drug-likeness (QED) is 0.776. The van der Waals surface area contributed by atoms with Crippen molar-refractivity contribution in [2.24, 2.45) is 5.73 Å². The Morgan fingerprint density at radius 2 is 1.95 bits per heavy atom. The van der Waals surface area contributed by atoms with Crippen LogP contribution in [0.15, 0.2) is 47.0 Å². The molecule has 2 aromatic heterocycles. The average molecular weight is 316 g/mol. The summed E-state index contributed by atoms with van der Waals surface area (Å²) in [5.74, 6) is -1.21. The number of pyridine rings is 1. The number of fused-ring (bicyclic) bond motifs is 1. The molecular formula is C15H10ClN3O3. The number of nitrogens with zero attached hydrogens (tertiary/aromatic N) is 1. The Hall–Kier alpha value is -2.86. The minimum Gasteiger partial charge on any atom is -0.450 e. The van der Waals surface area contributed by atoms with Crippen molar-refractivity contribution in [3.8, 4) is 0 Å². The number of primary amides is 1. The van der Waals surface area contributed by atoms with E-state index in [-0.39, 0.29) is 17.1 Å². The first-order valence-corrected chi connectivity index (χ1v) is 6.68. The smallest absolute Gasteiger partial charge is 0.293 e. The number of amides is 2. The molecule has 6 nitrogen and oxygen atoms in total. The van der Waals surface area contributed by atoms with Gasteiger partial charge in [0.2, 0.25) is 5.76 Å². The number of carbonyl (C=O) groups is 2. The molecule has 3 aromatic rings. The fraction of sp³-hybridized carbons (Fsp3) is 0. The Morgan fingerprint density at radius 1 is 1.18 bits per heavy atom. The molecule has 0 aliphatic carbocycles. The summed E-state index contributed by atoms with van der Waals surface area (Å²) in [6, 6.07) is 9.89. The van der Waals surface area contributed by atoms with Crippen LogP contribution in [0.25, 0.3) is 11.0 Å². The number of halogens is 1. The van der Waals surface area contributed by atoms with E-state index in [0.29, 0.717) is 16.0 Å². The summed E-state index contributed by atoms with van der Waals surface area (Å²) in [6.45, 7) is 0. The molecule has 0 aliphatic rings. The molecular weight excluding hydrogens is 306 g/mol. The van der Waals surface area contributed by atoms with Gasteiger partial charge in [0.25, 0.3) is 11.8 Å². The van der Waals surface area contributed by atoms with Crippen LogP contribution in [0.3, 0.4) is 0 Å². The molecule has 0 fully saturated rings. The number of aromatic nitrogens is 1. The number of rotatable bonds is 3. The molecule has 2 amide bonds. The first kappa shape index (κ1) is 14.1. The van der Waals surface area contributed by atoms with Crippen molar-refractivity contribution in [1.82, 2.24) is 4.98 Å². The monoisotopic (exact) mass is 315 g/mol. The van der Waals surface area contributed by atoms with Gasteiger partial charge in [-0.3, -0.25) is 9.59 Å². The molecule has 110 valence electrons. The third-order valence-electron chi connectivity index (χ3n) is 3.02. The highest BCUT2D eigenvalue weighted by atomic mass is 35.5. The normalized spacial score (nSPS) is 10.6. The number of nitrogens with one attached hydrogen (secondary N) is 1. The number of hydrogen-bond donors (Lipinski definition) is 2. The fourth-order valence-electron chi connectivity index (χ4n) is 2.07. The second-order valence-corrected chi connectivity index (χ2v) is 4.92. The SMILES string of the molecule is NC(=O)c1c(C(=O)Nc2ccc(Cl)cn2)oc2ccccc12. The van der Waals surface area contributed by atoms with Crippen molar-refractivity contribution < 1.29 is 14.0 Å². The van der Waals surface area contributed by atoms with E-state index < -0.39 is 11.8 Å². The minimum atomic E-state index is -0.737. The van der Waals surface area contributed by atoms with Gasteiger partial charge in [0.15, 0.2) is 0 Å². The molecule has 1 aromatic carbocycles. The molecule has 7 heteroatoms. The molecule has 0 unspecified atom stereocenters. The topological polar surface area (TPSA) is 98.2 Å². The largest absolute Gasteiger partial charge is 0.450 e. The van der Waals surface area contributed by atoms with Gasteiger partial charge in [-0.1, -0.05) is 29.8 Å². The Balaban J connectivity index is 2.01. The van der Waals surface area contributed by atoms with Crippen LogP contribution in [0.2, 0.25) is 5.02 Å². The molecule has 0 radical (unpaired) electrons. The van der Waals surface area contributed by atoms with Gasteiger partial charge in [-0.05, 0) is 18.2 Å². The summed E-state index contributed by atoms with van der Waals surface area (Å²) in [4.78, 5) is 27.9. The number of benzene rings is 1. The maximum atomic E-state index is 12.3. The van der Waals surface area contributed by atoms with Crippen LogP contribution >= 0.6 is 11.6 Å². The third-order valence-corrected chi connectivity index (χ3v) is 3.24. The lowest BCUT2D eigenvalue weighted by molar-refractivity contribution is 0.0963. The molecule has 0 saturated heterocycles. The number of furan rings is 1. The maximum Gasteiger partial charge on any atom is 0.293 e. The maximum absolute atomic E-state index is 12.3. The highest BCUT2D eigenvalue weighted by Crippen LogP contribution is 2.26. The molecule has 3 rings (SSSR count). The van der Waals surface area contributed by atoms with Gasteiger partial charge in [-0.25, -0.2) is 4.98 Å². The van der Waals surface area contributed by atoms with Gasteiger partial charge >= 0.3 is 0 Å². The van der Waals surface area contributed by atoms with Crippen molar-refractivity contribution in [1.29, 1.82) is 0 Å². The zero-order valence-electron chi connectivity index (χ0n) is 11.2. The fourth-order valence-corrected chi connectivity index (χ4v) is 2.18. The summed E-state index contributed by atoms with van der Waals surface area (Å²) >= 11 is 5.73. The van der Waals surface area contributed by atoms with Crippen LogP contribution in [0.1, 0.15) is 20.9 Å². The third kappa shape index (κ3) is 2.51. The Labute approximate surface area is 129 Å². The van der Waals surface area contributed by atoms with E-state index in [1.54, 1.807) is 30.3 Å². The number of para-hydroxylation sites is 1. The van der Waals surface area contributed by atoms with Crippen LogP contribution in [0.4, 0.5) is 5.82 Å². The molecule has 22 heavy (non-hydrogen) atoms. The van der Waals surface area contributed by atoms with Crippen LogP contribution in [-0.2, 0) is 0 Å². The Kier molecular flexibility index (Phi) is 3.52. The number of carbonyl (C=O) groups excluding carboxylic acids is 2. The molecule has 0 spiro atoms. The molecule has 0 saturated carbocycles. The molecule has 3 N–H and O–H groups in total. The van der Waals surface area contributed by atoms with Gasteiger partial charge in [0.05, 0.1) is 10.6 Å². The van der Waals surface area contributed by atoms with Gasteiger partial charge < -0.3 is 15.5 Å². The molecule has 0 bridgehead atoms. The summed E-state index contributed by atoms with van der Waals surface area (Å²) in [6.07, 6.45) is 1.39. The average Bonchev–Trinajstić information content (AvgIpc) is 2.89. The predicted molar refractivity (Wildman–Crippen MR) is 81.9 cm³/mol. The minimum absolute atomic E-state index is 0.0436. The van der Waals surface area contributed by atoms with Crippen LogP contribution in [0.5, 0.6) is 0 Å². The number of hydrogen-bond acceptors (Lipinski definition) is 4. The van der Waals surface area contributed by atoms with Crippen molar-refractivity contribution in [3.63, 3.8) is 0 Å². The second-order valence-electron chi connectivity index (χ2n) is 4.48. The first-order valence-electron chi connectivity index (χ1n) is 6.30. The van der Waals surface area contributed by atoms with Gasteiger partial charge in [0.1, 0.15) is 11.4 Å². The first-order chi connectivity index (χ1) is 10.6. The van der Waals surface area contributed by atoms with Crippen LogP contribution in [-0.4, -0.2) is 16.8 Å². The standard InChI is InChI=1S/C15H10ClN3O3/c16-8-5-6-11(18-7-8)19-15(21)13-12(14(17)20)9-3-1-2-4-10(9)22-13/h1-7H,(H2,17,20)(H,18,19,21). The van der Waals surface area contributed by atoms with E-state index in [4.69, 9.17) is 21.8 Å². The highest BCUT2D eigenvalue weighted by Gasteiger charge is 2.24. The van der Waals surface area contributed by atoms with Crippen molar-refractivity contribution in [2.45, 2.75) is 0 Å². The summed E-state index contributed by atoms with van der Waals surface area (Å²) in [5.41, 5.74) is 5.82. The number of anilines is 1. The van der Waals surface area contributed by atoms with Crippen molar-refractivity contribution in [2.75, 3.05) is 5.32 Å². The van der Waals surface area contributed by atoms with E-state index in [1.165, 1.54) is 12.3 Å².